The predicted octanol–water partition coefficient (Wildman–Crippen LogP) is 1.78. The molecule has 1 aliphatic rings. The SMILES string of the molecule is CCN(CC1CCC1)C(=O)c1cncc(NC)n1. The molecule has 0 aliphatic heterocycles. The van der Waals surface area contributed by atoms with E-state index in [1.165, 1.54) is 25.5 Å². The van der Waals surface area contributed by atoms with Crippen molar-refractivity contribution in [3.05, 3.63) is 18.1 Å². The van der Waals surface area contributed by atoms with Gasteiger partial charge in [0, 0.05) is 20.1 Å². The van der Waals surface area contributed by atoms with Crippen molar-refractivity contribution >= 4 is 11.7 Å². The Morgan fingerprint density at radius 2 is 2.28 bits per heavy atom. The summed E-state index contributed by atoms with van der Waals surface area (Å²) in [5.74, 6) is 1.28. The molecule has 0 aromatic carbocycles. The smallest absolute Gasteiger partial charge is 0.274 e. The first kappa shape index (κ1) is 12.8. The topological polar surface area (TPSA) is 58.1 Å². The molecular weight excluding hydrogens is 228 g/mol. The number of hydrogen-bond donors (Lipinski definition) is 1. The van der Waals surface area contributed by atoms with Gasteiger partial charge in [-0.15, -0.1) is 0 Å². The highest BCUT2D eigenvalue weighted by Crippen LogP contribution is 2.27. The Labute approximate surface area is 108 Å². The molecule has 0 unspecified atom stereocenters. The minimum absolute atomic E-state index is 0.0194. The maximum atomic E-state index is 12.3. The van der Waals surface area contributed by atoms with Gasteiger partial charge in [0.1, 0.15) is 11.5 Å². The van der Waals surface area contributed by atoms with Crippen LogP contribution in [0.1, 0.15) is 36.7 Å². The van der Waals surface area contributed by atoms with Crippen molar-refractivity contribution in [2.75, 3.05) is 25.5 Å². The lowest BCUT2D eigenvalue weighted by Crippen LogP contribution is -2.37. The van der Waals surface area contributed by atoms with Crippen LogP contribution in [0, 0.1) is 5.92 Å². The van der Waals surface area contributed by atoms with Crippen molar-refractivity contribution in [2.24, 2.45) is 5.92 Å². The van der Waals surface area contributed by atoms with Gasteiger partial charge in [-0.2, -0.15) is 0 Å². The van der Waals surface area contributed by atoms with Crippen LogP contribution in [0.15, 0.2) is 12.4 Å². The highest BCUT2D eigenvalue weighted by Gasteiger charge is 2.24. The number of anilines is 1. The second kappa shape index (κ2) is 5.80. The van der Waals surface area contributed by atoms with E-state index < -0.39 is 0 Å². The first-order valence-corrected chi connectivity index (χ1v) is 6.53. The van der Waals surface area contributed by atoms with Crippen molar-refractivity contribution in [1.29, 1.82) is 0 Å². The van der Waals surface area contributed by atoms with Crippen LogP contribution < -0.4 is 5.32 Å². The van der Waals surface area contributed by atoms with Gasteiger partial charge in [-0.1, -0.05) is 6.42 Å². The fourth-order valence-corrected chi connectivity index (χ4v) is 2.09. The van der Waals surface area contributed by atoms with Crippen molar-refractivity contribution in [3.8, 4) is 0 Å². The molecule has 1 aromatic rings. The van der Waals surface area contributed by atoms with Crippen LogP contribution in [0.2, 0.25) is 0 Å². The van der Waals surface area contributed by atoms with E-state index in [1.807, 2.05) is 11.8 Å². The van der Waals surface area contributed by atoms with Gasteiger partial charge in [0.05, 0.1) is 12.4 Å². The Morgan fingerprint density at radius 1 is 1.50 bits per heavy atom. The summed E-state index contributed by atoms with van der Waals surface area (Å²) in [4.78, 5) is 22.5. The molecule has 1 amide bonds. The maximum absolute atomic E-state index is 12.3. The molecule has 5 nitrogen and oxygen atoms in total. The zero-order valence-corrected chi connectivity index (χ0v) is 11.0. The zero-order valence-electron chi connectivity index (χ0n) is 11.0. The van der Waals surface area contributed by atoms with Gasteiger partial charge in [-0.25, -0.2) is 4.98 Å². The van der Waals surface area contributed by atoms with Crippen molar-refractivity contribution in [3.63, 3.8) is 0 Å². The molecule has 1 aromatic heterocycles. The Kier molecular flexibility index (Phi) is 4.12. The molecule has 2 rings (SSSR count). The first-order chi connectivity index (χ1) is 8.74. The molecule has 98 valence electrons. The molecular formula is C13H20N4O. The lowest BCUT2D eigenvalue weighted by Gasteiger charge is -2.31. The van der Waals surface area contributed by atoms with E-state index in [-0.39, 0.29) is 5.91 Å². The lowest BCUT2D eigenvalue weighted by molar-refractivity contribution is 0.0700. The van der Waals surface area contributed by atoms with Gasteiger partial charge < -0.3 is 10.2 Å². The normalized spacial score (nSPS) is 15.0. The van der Waals surface area contributed by atoms with Gasteiger partial charge in [-0.05, 0) is 25.7 Å². The second-order valence-corrected chi connectivity index (χ2v) is 4.68. The Hall–Kier alpha value is -1.65. The number of aromatic nitrogens is 2. The van der Waals surface area contributed by atoms with E-state index in [0.29, 0.717) is 17.4 Å². The quantitative estimate of drug-likeness (QED) is 0.863. The van der Waals surface area contributed by atoms with Crippen molar-refractivity contribution in [1.82, 2.24) is 14.9 Å². The summed E-state index contributed by atoms with van der Waals surface area (Å²) in [6, 6.07) is 0. The molecule has 5 heteroatoms. The second-order valence-electron chi connectivity index (χ2n) is 4.68. The van der Waals surface area contributed by atoms with Crippen molar-refractivity contribution in [2.45, 2.75) is 26.2 Å². The molecule has 1 aliphatic carbocycles. The molecule has 0 atom stereocenters. The van der Waals surface area contributed by atoms with E-state index in [1.54, 1.807) is 13.2 Å². The zero-order chi connectivity index (χ0) is 13.0. The van der Waals surface area contributed by atoms with Gasteiger partial charge in [0.15, 0.2) is 0 Å². The Bertz CT molecular complexity index is 417. The fraction of sp³-hybridized carbons (Fsp3) is 0.615. The third-order valence-corrected chi connectivity index (χ3v) is 3.48. The Balaban J connectivity index is 2.06. The van der Waals surface area contributed by atoms with Crippen LogP contribution >= 0.6 is 0 Å². The monoisotopic (exact) mass is 248 g/mol. The fourth-order valence-electron chi connectivity index (χ4n) is 2.09. The maximum Gasteiger partial charge on any atom is 0.274 e. The number of carbonyl (C=O) groups is 1. The number of nitrogens with zero attached hydrogens (tertiary/aromatic N) is 3. The average molecular weight is 248 g/mol. The van der Waals surface area contributed by atoms with E-state index in [4.69, 9.17) is 0 Å². The third-order valence-electron chi connectivity index (χ3n) is 3.48. The summed E-state index contributed by atoms with van der Waals surface area (Å²) in [5, 5.41) is 2.90. The molecule has 1 heterocycles. The highest BCUT2D eigenvalue weighted by molar-refractivity contribution is 5.92. The number of nitrogens with one attached hydrogen (secondary N) is 1. The summed E-state index contributed by atoms with van der Waals surface area (Å²) >= 11 is 0. The summed E-state index contributed by atoms with van der Waals surface area (Å²) in [6.07, 6.45) is 6.93. The van der Waals surface area contributed by atoms with Crippen LogP contribution in [0.4, 0.5) is 5.82 Å². The lowest BCUT2D eigenvalue weighted by atomic mass is 9.85. The Morgan fingerprint density at radius 3 is 2.83 bits per heavy atom. The van der Waals surface area contributed by atoms with Crippen LogP contribution in [-0.4, -0.2) is 40.9 Å². The molecule has 0 bridgehead atoms. The standard InChI is InChI=1S/C13H20N4O/c1-3-17(9-10-5-4-6-10)13(18)11-7-15-8-12(14-2)16-11/h7-8,10H,3-6,9H2,1-2H3,(H,14,16). The van der Waals surface area contributed by atoms with Gasteiger partial charge in [0.25, 0.3) is 5.91 Å². The van der Waals surface area contributed by atoms with Gasteiger partial charge in [0.2, 0.25) is 0 Å². The van der Waals surface area contributed by atoms with Crippen molar-refractivity contribution < 1.29 is 4.79 Å². The molecule has 0 radical (unpaired) electrons. The van der Waals surface area contributed by atoms with Gasteiger partial charge in [-0.3, -0.25) is 9.78 Å². The number of amides is 1. The first-order valence-electron chi connectivity index (χ1n) is 6.53. The number of rotatable bonds is 5. The van der Waals surface area contributed by atoms with Crippen LogP contribution in [-0.2, 0) is 0 Å². The third kappa shape index (κ3) is 2.78. The largest absolute Gasteiger partial charge is 0.372 e. The van der Waals surface area contributed by atoms with E-state index in [9.17, 15) is 4.79 Å². The van der Waals surface area contributed by atoms with Crippen LogP contribution in [0.25, 0.3) is 0 Å². The molecule has 1 N–H and O–H groups in total. The van der Waals surface area contributed by atoms with E-state index >= 15 is 0 Å². The molecule has 0 saturated heterocycles. The summed E-state index contributed by atoms with van der Waals surface area (Å²) in [7, 11) is 1.77. The summed E-state index contributed by atoms with van der Waals surface area (Å²) in [6.45, 7) is 3.58. The average Bonchev–Trinajstić information content (AvgIpc) is 2.37. The van der Waals surface area contributed by atoms with Crippen LogP contribution in [0.5, 0.6) is 0 Å². The minimum Gasteiger partial charge on any atom is -0.372 e. The minimum atomic E-state index is -0.0194. The summed E-state index contributed by atoms with van der Waals surface area (Å²) < 4.78 is 0. The van der Waals surface area contributed by atoms with Gasteiger partial charge >= 0.3 is 0 Å². The van der Waals surface area contributed by atoms with E-state index in [0.717, 1.165) is 13.1 Å². The molecule has 1 fully saturated rings. The molecule has 0 spiro atoms. The van der Waals surface area contributed by atoms with Crippen LogP contribution in [0.3, 0.4) is 0 Å². The van der Waals surface area contributed by atoms with E-state index in [2.05, 4.69) is 15.3 Å². The predicted molar refractivity (Wildman–Crippen MR) is 70.5 cm³/mol. The number of carbonyl (C=O) groups excluding carboxylic acids is 1. The molecule has 1 saturated carbocycles. The number of hydrogen-bond acceptors (Lipinski definition) is 4. The molecule has 18 heavy (non-hydrogen) atoms. The highest BCUT2D eigenvalue weighted by atomic mass is 16.2. The summed E-state index contributed by atoms with van der Waals surface area (Å²) in [5.41, 5.74) is 0.419.